The first-order valence-corrected chi connectivity index (χ1v) is 20.0. The molecular formula is C55H34N4. The predicted molar refractivity (Wildman–Crippen MR) is 239 cm³/mol. The molecule has 0 amide bonds. The summed E-state index contributed by atoms with van der Waals surface area (Å²) < 4.78 is 0. The Balaban J connectivity index is 0.941. The Kier molecular flexibility index (Phi) is 7.41. The Labute approximate surface area is 342 Å². The average Bonchev–Trinajstić information content (AvgIpc) is 3.79. The van der Waals surface area contributed by atoms with Crippen LogP contribution in [0.2, 0.25) is 0 Å². The van der Waals surface area contributed by atoms with Gasteiger partial charge in [-0.25, -0.2) is 15.0 Å². The van der Waals surface area contributed by atoms with Gasteiger partial charge in [-0.2, -0.15) is 0 Å². The van der Waals surface area contributed by atoms with Gasteiger partial charge >= 0.3 is 0 Å². The maximum atomic E-state index is 5.08. The van der Waals surface area contributed by atoms with E-state index in [0.717, 1.165) is 44.3 Å². The predicted octanol–water partition coefficient (Wildman–Crippen LogP) is 13.1. The van der Waals surface area contributed by atoms with Gasteiger partial charge < -0.3 is 0 Å². The fourth-order valence-electron chi connectivity index (χ4n) is 9.57. The molecule has 2 heterocycles. The van der Waals surface area contributed by atoms with Crippen LogP contribution >= 0.6 is 0 Å². The fourth-order valence-corrected chi connectivity index (χ4v) is 9.57. The highest BCUT2D eigenvalue weighted by atomic mass is 15.0. The molecule has 1 spiro atoms. The van der Waals surface area contributed by atoms with Crippen molar-refractivity contribution >= 4 is 10.9 Å². The van der Waals surface area contributed by atoms with Crippen molar-refractivity contribution in [1.29, 1.82) is 0 Å². The highest BCUT2D eigenvalue weighted by Gasteiger charge is 2.51. The van der Waals surface area contributed by atoms with E-state index in [-0.39, 0.29) is 5.41 Å². The third kappa shape index (κ3) is 5.10. The maximum Gasteiger partial charge on any atom is 0.164 e. The molecule has 0 aliphatic heterocycles. The number of para-hydroxylation sites is 1. The molecule has 0 fully saturated rings. The van der Waals surface area contributed by atoms with Gasteiger partial charge in [-0.1, -0.05) is 188 Å². The van der Waals surface area contributed by atoms with Gasteiger partial charge in [0.1, 0.15) is 0 Å². The van der Waals surface area contributed by atoms with Gasteiger partial charge in [0.05, 0.1) is 10.9 Å². The first kappa shape index (κ1) is 33.3. The van der Waals surface area contributed by atoms with Gasteiger partial charge in [0.25, 0.3) is 0 Å². The number of rotatable bonds is 5. The second-order valence-corrected chi connectivity index (χ2v) is 15.4. The van der Waals surface area contributed by atoms with Crippen molar-refractivity contribution in [3.63, 3.8) is 0 Å². The van der Waals surface area contributed by atoms with Crippen molar-refractivity contribution < 1.29 is 0 Å². The summed E-state index contributed by atoms with van der Waals surface area (Å²) in [5.74, 6) is 1.89. The van der Waals surface area contributed by atoms with Gasteiger partial charge in [-0.3, -0.25) is 4.98 Å². The van der Waals surface area contributed by atoms with Crippen molar-refractivity contribution in [2.75, 3.05) is 0 Å². The van der Waals surface area contributed by atoms with Crippen molar-refractivity contribution in [2.24, 2.45) is 0 Å². The molecule has 0 saturated heterocycles. The second-order valence-electron chi connectivity index (χ2n) is 15.4. The van der Waals surface area contributed by atoms with Crippen LogP contribution in [0.1, 0.15) is 22.3 Å². The summed E-state index contributed by atoms with van der Waals surface area (Å²) in [4.78, 5) is 19.8. The molecular weight excluding hydrogens is 717 g/mol. The molecule has 8 aromatic carbocycles. The van der Waals surface area contributed by atoms with Crippen molar-refractivity contribution in [3.05, 3.63) is 229 Å². The number of hydrogen-bond donors (Lipinski definition) is 0. The third-order valence-corrected chi connectivity index (χ3v) is 12.2. The van der Waals surface area contributed by atoms with E-state index in [4.69, 9.17) is 15.0 Å². The van der Waals surface area contributed by atoms with Crippen LogP contribution in [0.5, 0.6) is 0 Å². The van der Waals surface area contributed by atoms with E-state index >= 15 is 0 Å². The van der Waals surface area contributed by atoms with E-state index in [1.165, 1.54) is 50.1 Å². The summed E-state index contributed by atoms with van der Waals surface area (Å²) >= 11 is 0. The quantitative estimate of drug-likeness (QED) is 0.176. The van der Waals surface area contributed by atoms with Crippen LogP contribution < -0.4 is 0 Å². The van der Waals surface area contributed by atoms with Crippen molar-refractivity contribution in [2.45, 2.75) is 5.41 Å². The summed E-state index contributed by atoms with van der Waals surface area (Å²) in [6.45, 7) is 0. The molecule has 0 bridgehead atoms. The normalized spacial score (nSPS) is 12.9. The van der Waals surface area contributed by atoms with E-state index in [1.807, 2.05) is 42.6 Å². The number of benzene rings is 8. The van der Waals surface area contributed by atoms with Crippen LogP contribution in [-0.4, -0.2) is 19.9 Å². The summed E-state index contributed by atoms with van der Waals surface area (Å²) in [7, 11) is 0. The Morgan fingerprint density at radius 1 is 0.288 bits per heavy atom. The smallest absolute Gasteiger partial charge is 0.164 e. The van der Waals surface area contributed by atoms with Crippen LogP contribution in [0.3, 0.4) is 0 Å². The van der Waals surface area contributed by atoms with Gasteiger partial charge in [0, 0.05) is 33.8 Å². The molecule has 4 heteroatoms. The van der Waals surface area contributed by atoms with E-state index in [9.17, 15) is 0 Å². The molecule has 0 radical (unpaired) electrons. The number of fused-ring (bicyclic) bond motifs is 11. The zero-order valence-electron chi connectivity index (χ0n) is 31.9. The number of pyridine rings is 1. The summed E-state index contributed by atoms with van der Waals surface area (Å²) in [6, 6.07) is 71.5. The molecule has 12 rings (SSSR count). The minimum Gasteiger partial charge on any atom is -0.256 e. The molecule has 0 atom stereocenters. The number of nitrogens with zero attached hydrogens (tertiary/aromatic N) is 4. The van der Waals surface area contributed by atoms with Crippen LogP contribution in [0.15, 0.2) is 206 Å². The molecule has 2 aliphatic rings. The van der Waals surface area contributed by atoms with Crippen LogP contribution in [0.25, 0.3) is 89.6 Å². The molecule has 0 saturated carbocycles. The monoisotopic (exact) mass is 750 g/mol. The maximum absolute atomic E-state index is 5.08. The van der Waals surface area contributed by atoms with E-state index in [2.05, 4.69) is 169 Å². The lowest BCUT2D eigenvalue weighted by Crippen LogP contribution is -2.25. The lowest BCUT2D eigenvalue weighted by molar-refractivity contribution is 0.794. The molecule has 0 unspecified atom stereocenters. The molecule has 274 valence electrons. The van der Waals surface area contributed by atoms with Crippen molar-refractivity contribution in [3.8, 4) is 78.7 Å². The van der Waals surface area contributed by atoms with Crippen LogP contribution in [-0.2, 0) is 5.41 Å². The van der Waals surface area contributed by atoms with E-state index in [0.29, 0.717) is 17.5 Å². The van der Waals surface area contributed by atoms with E-state index < -0.39 is 0 Å². The first-order valence-electron chi connectivity index (χ1n) is 20.0. The average molecular weight is 751 g/mol. The standard InChI is InChI=1S/C55H34N4/c1-2-12-38(13-3-1)52-57-53(59-54(58-52)40-29-25-36(26-30-40)42-19-10-14-37-15-11-33-56-51(37)42)39-27-23-35(24-28-39)41-31-32-46-45-18-6-9-22-49(45)55(50(46)34-41)47-20-7-4-16-43(47)44-17-5-8-21-48(44)55/h1-34H. The Bertz CT molecular complexity index is 3190. The summed E-state index contributed by atoms with van der Waals surface area (Å²) in [6.07, 6.45) is 1.85. The molecule has 2 aromatic heterocycles. The van der Waals surface area contributed by atoms with Crippen LogP contribution in [0.4, 0.5) is 0 Å². The second kappa shape index (κ2) is 13.1. The SMILES string of the molecule is c1ccc(-c2nc(-c3ccc(-c4ccc5c(c4)C4(c6ccccc6-c6ccccc64)c4ccccc4-5)cc3)nc(-c3ccc(-c4cccc5cccnc45)cc3)n2)cc1. The number of aromatic nitrogens is 4. The minimum absolute atomic E-state index is 0.381. The minimum atomic E-state index is -0.381. The summed E-state index contributed by atoms with van der Waals surface area (Å²) in [5.41, 5.74) is 18.5. The fraction of sp³-hybridized carbons (Fsp3) is 0.0182. The molecule has 2 aliphatic carbocycles. The molecule has 59 heavy (non-hydrogen) atoms. The van der Waals surface area contributed by atoms with Gasteiger partial charge in [0.15, 0.2) is 17.5 Å². The lowest BCUT2D eigenvalue weighted by atomic mass is 9.70. The van der Waals surface area contributed by atoms with Gasteiger partial charge in [-0.15, -0.1) is 0 Å². The first-order chi connectivity index (χ1) is 29.2. The lowest BCUT2D eigenvalue weighted by Gasteiger charge is -2.30. The van der Waals surface area contributed by atoms with Gasteiger partial charge in [-0.05, 0) is 73.3 Å². The largest absolute Gasteiger partial charge is 0.256 e. The zero-order valence-corrected chi connectivity index (χ0v) is 31.9. The van der Waals surface area contributed by atoms with E-state index in [1.54, 1.807) is 0 Å². The third-order valence-electron chi connectivity index (χ3n) is 12.2. The Hall–Kier alpha value is -7.82. The molecule has 10 aromatic rings. The highest BCUT2D eigenvalue weighted by Crippen LogP contribution is 2.63. The molecule has 0 N–H and O–H groups in total. The van der Waals surface area contributed by atoms with Crippen LogP contribution in [0, 0.1) is 0 Å². The topological polar surface area (TPSA) is 51.6 Å². The van der Waals surface area contributed by atoms with Crippen molar-refractivity contribution in [1.82, 2.24) is 19.9 Å². The van der Waals surface area contributed by atoms with Gasteiger partial charge in [0.2, 0.25) is 0 Å². The zero-order chi connectivity index (χ0) is 38.9. The highest BCUT2D eigenvalue weighted by molar-refractivity contribution is 5.96. The molecule has 4 nitrogen and oxygen atoms in total. The Morgan fingerprint density at radius 2 is 0.729 bits per heavy atom. The summed E-state index contributed by atoms with van der Waals surface area (Å²) in [5, 5.41) is 1.12. The Morgan fingerprint density at radius 3 is 1.32 bits per heavy atom. The number of hydrogen-bond acceptors (Lipinski definition) is 4.